The fourth-order valence-electron chi connectivity index (χ4n) is 11.1. The summed E-state index contributed by atoms with van der Waals surface area (Å²) in [6.45, 7) is 18.6. The number of amides is 2. The van der Waals surface area contributed by atoms with Crippen LogP contribution in [0.25, 0.3) is 0 Å². The van der Waals surface area contributed by atoms with Gasteiger partial charge in [-0.1, -0.05) is 49.1 Å². The van der Waals surface area contributed by atoms with Gasteiger partial charge >= 0.3 is 11.9 Å². The first kappa shape index (κ1) is 62.0. The van der Waals surface area contributed by atoms with Gasteiger partial charge in [-0.2, -0.15) is 5.10 Å². The maximum atomic E-state index is 14.1. The normalized spacial score (nSPS) is 23.1. The third-order valence-electron chi connectivity index (χ3n) is 15.6. The highest BCUT2D eigenvalue weighted by Crippen LogP contribution is 2.41. The molecule has 4 aliphatic rings. The fourth-order valence-corrected chi connectivity index (χ4v) is 12.9. The van der Waals surface area contributed by atoms with Gasteiger partial charge in [0, 0.05) is 60.9 Å². The lowest BCUT2D eigenvalue weighted by atomic mass is 9.81. The number of aromatic carboxylic acids is 2. The van der Waals surface area contributed by atoms with Crippen LogP contribution in [-0.2, 0) is 9.59 Å². The zero-order valence-electron chi connectivity index (χ0n) is 48.7. The maximum absolute atomic E-state index is 14.1. The van der Waals surface area contributed by atoms with Gasteiger partial charge in [0.2, 0.25) is 11.8 Å². The zero-order valence-corrected chi connectivity index (χ0v) is 51.1. The molecule has 0 spiro atoms. The lowest BCUT2D eigenvalue weighted by molar-refractivity contribution is -0.125. The van der Waals surface area contributed by atoms with E-state index in [2.05, 4.69) is 68.8 Å². The van der Waals surface area contributed by atoms with Gasteiger partial charge in [-0.25, -0.2) is 20.4 Å². The van der Waals surface area contributed by atoms with Gasteiger partial charge in [0.1, 0.15) is 9.75 Å². The second-order valence-corrected chi connectivity index (χ2v) is 27.2. The molecule has 432 valence electrons. The van der Waals surface area contributed by atoms with Crippen LogP contribution in [0, 0.1) is 65.1 Å². The average Bonchev–Trinajstić information content (AvgIpc) is 4.11. The van der Waals surface area contributed by atoms with E-state index in [1.165, 1.54) is 11.3 Å². The molecule has 4 aliphatic carbocycles. The van der Waals surface area contributed by atoms with Gasteiger partial charge in [0.05, 0.1) is 26.8 Å². The van der Waals surface area contributed by atoms with Gasteiger partial charge in [-0.05, 0) is 199 Å². The Balaban J connectivity index is 0.000000231. The van der Waals surface area contributed by atoms with Crippen molar-refractivity contribution in [2.24, 2.45) is 34.5 Å². The van der Waals surface area contributed by atoms with Crippen LogP contribution in [0.15, 0.2) is 36.4 Å². The molecule has 0 aliphatic heterocycles. The van der Waals surface area contributed by atoms with Gasteiger partial charge < -0.3 is 20.0 Å². The number of carboxylic acids is 2. The number of halogens is 1. The third-order valence-corrected chi connectivity index (χ3v) is 17.9. The summed E-state index contributed by atoms with van der Waals surface area (Å²) in [6.07, 6.45) is 14.1. The molecule has 16 nitrogen and oxygen atoms in total. The number of aryl methyl sites for hydroxylation is 1. The summed E-state index contributed by atoms with van der Waals surface area (Å²) in [6, 6.07) is 11.4. The monoisotopic (exact) mass is 1150 g/mol. The largest absolute Gasteiger partial charge is 0.477 e. The first-order chi connectivity index (χ1) is 37.8. The van der Waals surface area contributed by atoms with Crippen molar-refractivity contribution in [3.63, 3.8) is 0 Å². The van der Waals surface area contributed by atoms with Crippen molar-refractivity contribution < 1.29 is 29.4 Å². The predicted molar refractivity (Wildman–Crippen MR) is 321 cm³/mol. The van der Waals surface area contributed by atoms with Gasteiger partial charge in [0.15, 0.2) is 16.8 Å². The van der Waals surface area contributed by atoms with Crippen molar-refractivity contribution in [2.45, 2.75) is 189 Å². The van der Waals surface area contributed by atoms with Crippen LogP contribution in [0.3, 0.4) is 0 Å². The predicted octanol–water partition coefficient (Wildman–Crippen LogP) is 12.5. The molecular weight excluding hydrogens is 1070 g/mol. The number of thiophene rings is 2. The molecule has 4 saturated carbocycles. The second-order valence-electron chi connectivity index (χ2n) is 24.7. The van der Waals surface area contributed by atoms with Crippen molar-refractivity contribution in [1.82, 2.24) is 31.2 Å². The fraction of sp³-hybridized carbons (Fsp3) is 0.607. The van der Waals surface area contributed by atoms with Crippen LogP contribution in [0.2, 0.25) is 5.15 Å². The molecule has 0 saturated heterocycles. The van der Waals surface area contributed by atoms with Crippen LogP contribution in [0.4, 0.5) is 23.0 Å². The molecule has 0 unspecified atom stereocenters. The Bertz CT molecular complexity index is 2680. The summed E-state index contributed by atoms with van der Waals surface area (Å²) in [5.41, 5.74) is 8.50. The molecule has 4 N–H and O–H groups in total. The van der Waals surface area contributed by atoms with E-state index in [1.807, 2.05) is 113 Å². The molecule has 4 fully saturated rings. The number of hydrazine groups is 2. The number of carboxylic acid groups (broad SMARTS) is 2. The van der Waals surface area contributed by atoms with Crippen LogP contribution < -0.4 is 30.7 Å². The molecule has 2 amide bonds. The Morgan fingerprint density at radius 3 is 1.26 bits per heavy atom. The Hall–Kier alpha value is -5.63. The Morgan fingerprint density at radius 1 is 0.562 bits per heavy atom. The van der Waals surface area contributed by atoms with E-state index in [0.29, 0.717) is 43.9 Å². The minimum atomic E-state index is -1.01. The van der Waals surface area contributed by atoms with E-state index >= 15 is 0 Å². The number of nitrogens with zero attached hydrogens (tertiary/aromatic N) is 8. The van der Waals surface area contributed by atoms with E-state index in [9.17, 15) is 29.4 Å². The molecule has 0 aromatic carbocycles. The highest BCUT2D eigenvalue weighted by molar-refractivity contribution is 7.15. The van der Waals surface area contributed by atoms with E-state index in [4.69, 9.17) is 11.6 Å². The van der Waals surface area contributed by atoms with Gasteiger partial charge in [-0.3, -0.25) is 19.6 Å². The Kier molecular flexibility index (Phi) is 21.2. The summed E-state index contributed by atoms with van der Waals surface area (Å²) >= 11 is 8.21. The molecule has 0 atom stereocenters. The van der Waals surface area contributed by atoms with Crippen LogP contribution in [0.1, 0.15) is 193 Å². The molecule has 0 radical (unpaired) electrons. The number of hydrogen-bond acceptors (Lipinski definition) is 14. The lowest BCUT2D eigenvalue weighted by Gasteiger charge is -2.40. The summed E-state index contributed by atoms with van der Waals surface area (Å²) in [5.74, 6) is 13.4. The third kappa shape index (κ3) is 17.2. The molecule has 4 aromatic rings. The average molecular weight is 1150 g/mol. The van der Waals surface area contributed by atoms with Gasteiger partial charge in [0.25, 0.3) is 0 Å². The Labute approximate surface area is 487 Å². The summed E-state index contributed by atoms with van der Waals surface area (Å²) in [5, 5.41) is 40.8. The van der Waals surface area contributed by atoms with E-state index < -0.39 is 11.9 Å². The molecule has 4 heterocycles. The first-order valence-corrected chi connectivity index (χ1v) is 30.6. The topological polar surface area (TPSA) is 197 Å². The molecule has 8 rings (SSSR count). The van der Waals surface area contributed by atoms with E-state index in [0.717, 1.165) is 126 Å². The van der Waals surface area contributed by atoms with Crippen molar-refractivity contribution in [3.05, 3.63) is 66.8 Å². The standard InChI is InChI=1S/C31H43N5O3S.C30H40ClN5O3S/c1-20-7-10-22(11-8-20)29(37)36(26-19-25(17-18-31(3,4)5)40-28(26)30(38)39)24-14-12-23(13-15-24)34-35(6)27-16-9-21(2)32-33-27;1-19-6-8-20(9-7-19)28(37)36(24-18-23(16-17-30(2,3)4)40-27(24)29(38)39)22-12-10-21(11-13-22)34-35(5)26-15-14-25(31)32-33-26/h9,16,19-20,22-24,34H,7-8,10-15H2,1-6H3,(H,38,39);14-15,18-22,34H,6-13H2,1-5H3,(H,38,39). The van der Waals surface area contributed by atoms with Crippen LogP contribution >= 0.6 is 34.3 Å². The van der Waals surface area contributed by atoms with E-state index in [-0.39, 0.29) is 68.4 Å². The highest BCUT2D eigenvalue weighted by Gasteiger charge is 2.40. The van der Waals surface area contributed by atoms with Crippen LogP contribution in [0.5, 0.6) is 0 Å². The smallest absolute Gasteiger partial charge is 0.348 e. The number of carbonyl (C=O) groups excluding carboxylic acids is 2. The summed E-state index contributed by atoms with van der Waals surface area (Å²) in [7, 11) is 3.84. The van der Waals surface area contributed by atoms with Crippen molar-refractivity contribution in [3.8, 4) is 23.7 Å². The Morgan fingerprint density at radius 2 is 0.938 bits per heavy atom. The van der Waals surface area contributed by atoms with Crippen molar-refractivity contribution >= 4 is 81.0 Å². The number of aromatic nitrogens is 4. The number of nitrogens with one attached hydrogen (secondary N) is 2. The van der Waals surface area contributed by atoms with Crippen molar-refractivity contribution in [2.75, 3.05) is 33.9 Å². The molecule has 19 heteroatoms. The summed E-state index contributed by atoms with van der Waals surface area (Å²) < 4.78 is 0. The second kappa shape index (κ2) is 27.4. The van der Waals surface area contributed by atoms with Gasteiger partial charge in [-0.15, -0.1) is 38.0 Å². The minimum Gasteiger partial charge on any atom is -0.477 e. The van der Waals surface area contributed by atoms with E-state index in [1.54, 1.807) is 6.07 Å². The first-order valence-electron chi connectivity index (χ1n) is 28.6. The molecule has 0 bridgehead atoms. The zero-order chi connectivity index (χ0) is 58.1. The lowest BCUT2D eigenvalue weighted by Crippen LogP contribution is -2.50. The van der Waals surface area contributed by atoms with Crippen molar-refractivity contribution in [1.29, 1.82) is 0 Å². The number of anilines is 4. The summed E-state index contributed by atoms with van der Waals surface area (Å²) in [4.78, 5) is 58.5. The number of carbonyl (C=O) groups is 4. The number of hydrogen-bond donors (Lipinski definition) is 4. The molecular formula is C61H83ClN10O6S2. The molecule has 4 aromatic heterocycles. The minimum absolute atomic E-state index is 0.0505. The quantitative estimate of drug-likeness (QED) is 0.0687. The number of rotatable bonds is 14. The molecule has 80 heavy (non-hydrogen) atoms. The SMILES string of the molecule is CC1CCC(C(=O)N(c2cc(C#CC(C)(C)C)sc2C(=O)O)C2CCC(NN(C)c3ccc(Cl)nn3)CC2)CC1.Cc1ccc(N(C)NC2CCC(N(C(=O)C3CCC(C)CC3)c3cc(C#CC(C)(C)C)sc3C(=O)O)CC2)nn1. The maximum Gasteiger partial charge on any atom is 0.348 e. The highest BCUT2D eigenvalue weighted by atomic mass is 35.5. The van der Waals surface area contributed by atoms with Crippen LogP contribution in [-0.4, -0.2) is 92.6 Å².